The van der Waals surface area contributed by atoms with Crippen LogP contribution in [0.5, 0.6) is 0 Å². The molecule has 1 aliphatic rings. The lowest BCUT2D eigenvalue weighted by Gasteiger charge is -2.24. The Hall–Kier alpha value is -0.580. The van der Waals surface area contributed by atoms with Crippen molar-refractivity contribution in [3.63, 3.8) is 0 Å². The van der Waals surface area contributed by atoms with Crippen LogP contribution >= 0.6 is 15.9 Å². The Labute approximate surface area is 124 Å². The molecule has 3 nitrogen and oxygen atoms in total. The Balaban J connectivity index is 2.03. The van der Waals surface area contributed by atoms with Crippen molar-refractivity contribution in [1.29, 1.82) is 0 Å². The summed E-state index contributed by atoms with van der Waals surface area (Å²) >= 11 is 3.62. The second kappa shape index (κ2) is 6.25. The third kappa shape index (κ3) is 3.71. The van der Waals surface area contributed by atoms with Crippen LogP contribution in [0, 0.1) is 5.92 Å². The topological polar surface area (TPSA) is 32.5 Å². The van der Waals surface area contributed by atoms with Crippen LogP contribution < -0.4 is 10.6 Å². The summed E-state index contributed by atoms with van der Waals surface area (Å²) < 4.78 is 1.11. The van der Waals surface area contributed by atoms with Crippen molar-refractivity contribution >= 4 is 21.6 Å². The molecule has 0 bridgehead atoms. The van der Waals surface area contributed by atoms with Gasteiger partial charge in [0.15, 0.2) is 0 Å². The molecule has 1 heterocycles. The summed E-state index contributed by atoms with van der Waals surface area (Å²) in [5.41, 5.74) is 8.36. The minimum atomic E-state index is 0.0669. The van der Waals surface area contributed by atoms with Crippen LogP contribution in [0.3, 0.4) is 0 Å². The first-order valence-corrected chi connectivity index (χ1v) is 7.71. The molecule has 0 saturated carbocycles. The Morgan fingerprint density at radius 3 is 2.79 bits per heavy atom. The van der Waals surface area contributed by atoms with Gasteiger partial charge in [-0.15, -0.1) is 0 Å². The number of nitrogens with two attached hydrogens (primary N) is 1. The normalized spacial score (nSPS) is 21.6. The fourth-order valence-electron chi connectivity index (χ4n) is 2.79. The van der Waals surface area contributed by atoms with Crippen molar-refractivity contribution in [3.05, 3.63) is 28.2 Å². The number of halogens is 1. The van der Waals surface area contributed by atoms with Crippen molar-refractivity contribution < 1.29 is 0 Å². The second-order valence-electron chi connectivity index (χ2n) is 5.79. The monoisotopic (exact) mass is 325 g/mol. The molecule has 0 radical (unpaired) electrons. The molecule has 2 atom stereocenters. The van der Waals surface area contributed by atoms with Crippen molar-refractivity contribution in [1.82, 2.24) is 4.90 Å². The zero-order valence-electron chi connectivity index (χ0n) is 12.1. The Morgan fingerprint density at radius 2 is 2.26 bits per heavy atom. The van der Waals surface area contributed by atoms with E-state index in [-0.39, 0.29) is 6.04 Å². The first-order valence-electron chi connectivity index (χ1n) is 6.92. The van der Waals surface area contributed by atoms with E-state index in [1.807, 2.05) is 6.92 Å². The smallest absolute Gasteiger partial charge is 0.0375 e. The minimum Gasteiger partial charge on any atom is -0.374 e. The first-order chi connectivity index (χ1) is 8.97. The summed E-state index contributed by atoms with van der Waals surface area (Å²) in [6.07, 6.45) is 1.31. The highest BCUT2D eigenvalue weighted by Crippen LogP contribution is 2.28. The average molecular weight is 326 g/mol. The highest BCUT2D eigenvalue weighted by molar-refractivity contribution is 9.10. The number of hydrogen-bond acceptors (Lipinski definition) is 3. The molecule has 19 heavy (non-hydrogen) atoms. The van der Waals surface area contributed by atoms with Gasteiger partial charge in [-0.1, -0.05) is 22.0 Å². The molecule has 0 amide bonds. The SMILES string of the molecule is CC(N)c1ccc(N(C)CC2CCN(C)C2)cc1Br. The first kappa shape index (κ1) is 14.8. The van der Waals surface area contributed by atoms with Gasteiger partial charge in [-0.05, 0) is 50.6 Å². The molecule has 0 aromatic heterocycles. The summed E-state index contributed by atoms with van der Waals surface area (Å²) in [4.78, 5) is 4.76. The van der Waals surface area contributed by atoms with Gasteiger partial charge in [0.2, 0.25) is 0 Å². The van der Waals surface area contributed by atoms with E-state index >= 15 is 0 Å². The van der Waals surface area contributed by atoms with Crippen LogP contribution in [-0.2, 0) is 0 Å². The van der Waals surface area contributed by atoms with Crippen LogP contribution in [0.15, 0.2) is 22.7 Å². The van der Waals surface area contributed by atoms with Crippen LogP contribution in [0.2, 0.25) is 0 Å². The summed E-state index contributed by atoms with van der Waals surface area (Å²) in [5.74, 6) is 0.780. The second-order valence-corrected chi connectivity index (χ2v) is 6.65. The number of nitrogens with zero attached hydrogens (tertiary/aromatic N) is 2. The lowest BCUT2D eigenvalue weighted by Crippen LogP contribution is -2.27. The van der Waals surface area contributed by atoms with Crippen LogP contribution in [0.1, 0.15) is 24.9 Å². The number of anilines is 1. The van der Waals surface area contributed by atoms with Gasteiger partial charge in [0.1, 0.15) is 0 Å². The van der Waals surface area contributed by atoms with E-state index in [1.54, 1.807) is 0 Å². The number of likely N-dealkylation sites (tertiary alicyclic amines) is 1. The third-order valence-corrected chi connectivity index (χ3v) is 4.62. The molecular formula is C15H24BrN3. The highest BCUT2D eigenvalue weighted by atomic mass is 79.9. The predicted molar refractivity (Wildman–Crippen MR) is 85.6 cm³/mol. The van der Waals surface area contributed by atoms with Gasteiger partial charge in [-0.3, -0.25) is 0 Å². The third-order valence-electron chi connectivity index (χ3n) is 3.94. The van der Waals surface area contributed by atoms with Crippen LogP contribution in [0.25, 0.3) is 0 Å². The lowest BCUT2D eigenvalue weighted by atomic mass is 10.1. The quantitative estimate of drug-likeness (QED) is 0.923. The van der Waals surface area contributed by atoms with E-state index in [1.165, 1.54) is 25.2 Å². The maximum Gasteiger partial charge on any atom is 0.0375 e. The van der Waals surface area contributed by atoms with Crippen molar-refractivity contribution in [2.75, 3.05) is 38.6 Å². The van der Waals surface area contributed by atoms with Gasteiger partial charge >= 0.3 is 0 Å². The molecule has 1 fully saturated rings. The standard InChI is InChI=1S/C15H24BrN3/c1-11(17)14-5-4-13(8-15(14)16)19(3)10-12-6-7-18(2)9-12/h4-5,8,11-12H,6-7,9-10,17H2,1-3H3. The largest absolute Gasteiger partial charge is 0.374 e. The summed E-state index contributed by atoms with van der Waals surface area (Å²) in [5, 5.41) is 0. The van der Waals surface area contributed by atoms with Crippen molar-refractivity contribution in [3.8, 4) is 0 Å². The Bertz CT molecular complexity index is 433. The predicted octanol–water partition coefficient (Wildman–Crippen LogP) is 2.86. The van der Waals surface area contributed by atoms with Gasteiger partial charge in [0.05, 0.1) is 0 Å². The van der Waals surface area contributed by atoms with E-state index in [2.05, 4.69) is 58.0 Å². The van der Waals surface area contributed by atoms with Gasteiger partial charge < -0.3 is 15.5 Å². The fourth-order valence-corrected chi connectivity index (χ4v) is 3.52. The zero-order valence-corrected chi connectivity index (χ0v) is 13.7. The van der Waals surface area contributed by atoms with E-state index < -0.39 is 0 Å². The molecule has 2 unspecified atom stereocenters. The van der Waals surface area contributed by atoms with Crippen molar-refractivity contribution in [2.45, 2.75) is 19.4 Å². The summed E-state index contributed by atoms with van der Waals surface area (Å²) in [7, 11) is 4.37. The lowest BCUT2D eigenvalue weighted by molar-refractivity contribution is 0.396. The molecule has 1 aliphatic heterocycles. The van der Waals surface area contributed by atoms with Crippen LogP contribution in [0.4, 0.5) is 5.69 Å². The Morgan fingerprint density at radius 1 is 1.53 bits per heavy atom. The van der Waals surface area contributed by atoms with Crippen LogP contribution in [-0.4, -0.2) is 38.6 Å². The zero-order chi connectivity index (χ0) is 14.0. The summed E-state index contributed by atoms with van der Waals surface area (Å²) in [6.45, 7) is 5.57. The summed E-state index contributed by atoms with van der Waals surface area (Å²) in [6, 6.07) is 6.54. The minimum absolute atomic E-state index is 0.0669. The van der Waals surface area contributed by atoms with E-state index in [0.29, 0.717) is 0 Å². The molecule has 1 aromatic carbocycles. The average Bonchev–Trinajstić information content (AvgIpc) is 2.74. The van der Waals surface area contributed by atoms with Gasteiger partial charge in [-0.25, -0.2) is 0 Å². The fraction of sp³-hybridized carbons (Fsp3) is 0.600. The number of hydrogen-bond donors (Lipinski definition) is 1. The van der Waals surface area contributed by atoms with E-state index in [0.717, 1.165) is 22.5 Å². The molecule has 1 saturated heterocycles. The van der Waals surface area contributed by atoms with E-state index in [9.17, 15) is 0 Å². The highest BCUT2D eigenvalue weighted by Gasteiger charge is 2.21. The molecule has 106 valence electrons. The van der Waals surface area contributed by atoms with Crippen molar-refractivity contribution in [2.24, 2.45) is 11.7 Å². The van der Waals surface area contributed by atoms with Gasteiger partial charge in [0.25, 0.3) is 0 Å². The number of rotatable bonds is 4. The molecule has 0 spiro atoms. The Kier molecular flexibility index (Phi) is 4.87. The molecule has 2 rings (SSSR count). The molecule has 2 N–H and O–H groups in total. The molecule has 4 heteroatoms. The maximum absolute atomic E-state index is 5.94. The number of benzene rings is 1. The molecule has 1 aromatic rings. The van der Waals surface area contributed by atoms with Gasteiger partial charge in [-0.2, -0.15) is 0 Å². The molecular weight excluding hydrogens is 302 g/mol. The van der Waals surface area contributed by atoms with E-state index in [4.69, 9.17) is 5.73 Å². The molecule has 0 aliphatic carbocycles. The van der Waals surface area contributed by atoms with Gasteiger partial charge in [0, 0.05) is 36.3 Å². The maximum atomic E-state index is 5.94.